The van der Waals surface area contributed by atoms with Crippen molar-refractivity contribution < 1.29 is 14.3 Å². The van der Waals surface area contributed by atoms with Gasteiger partial charge in [0.2, 0.25) is 5.91 Å². The maximum atomic E-state index is 12.3. The number of thioether (sulfide) groups is 1. The van der Waals surface area contributed by atoms with Crippen molar-refractivity contribution in [3.05, 3.63) is 35.7 Å². The Morgan fingerprint density at radius 3 is 2.52 bits per heavy atom. The van der Waals surface area contributed by atoms with Crippen LogP contribution in [-0.2, 0) is 22.7 Å². The van der Waals surface area contributed by atoms with Crippen LogP contribution < -0.4 is 15.4 Å². The fourth-order valence-electron chi connectivity index (χ4n) is 3.85. The van der Waals surface area contributed by atoms with E-state index in [0.717, 1.165) is 12.8 Å². The van der Waals surface area contributed by atoms with Crippen molar-refractivity contribution in [1.29, 1.82) is 0 Å². The van der Waals surface area contributed by atoms with Gasteiger partial charge >= 0.3 is 0 Å². The number of nitrogens with one attached hydrogen (secondary N) is 2. The zero-order chi connectivity index (χ0) is 23.6. The van der Waals surface area contributed by atoms with Gasteiger partial charge in [0.1, 0.15) is 5.75 Å². The van der Waals surface area contributed by atoms with Crippen molar-refractivity contribution in [2.24, 2.45) is 0 Å². The second-order valence-corrected chi connectivity index (χ2v) is 9.57. The standard InChI is InChI=1S/C24H35N5O3S/c1-4-29-21(14-25-22(30)15-32-20-12-10-18(11-13-20)17(2)3)27-28-24(29)33-16-23(31)26-19-8-6-5-7-9-19/h10-13,17,19H,4-9,14-16H2,1-3H3,(H,25,30)(H,26,31). The third-order valence-corrected chi connectivity index (χ3v) is 6.74. The molecule has 180 valence electrons. The van der Waals surface area contributed by atoms with Crippen LogP contribution in [0.2, 0.25) is 0 Å². The lowest BCUT2D eigenvalue weighted by Gasteiger charge is -2.22. The summed E-state index contributed by atoms with van der Waals surface area (Å²) in [6, 6.07) is 8.08. The molecular weight excluding hydrogens is 438 g/mol. The molecular formula is C24H35N5O3S. The number of carbonyl (C=O) groups excluding carboxylic acids is 2. The fourth-order valence-corrected chi connectivity index (χ4v) is 4.68. The quantitative estimate of drug-likeness (QED) is 0.484. The Bertz CT molecular complexity index is 907. The average molecular weight is 474 g/mol. The van der Waals surface area contributed by atoms with Crippen molar-refractivity contribution in [2.45, 2.75) is 83.1 Å². The number of carbonyl (C=O) groups is 2. The molecule has 0 radical (unpaired) electrons. The van der Waals surface area contributed by atoms with Crippen LogP contribution >= 0.6 is 11.8 Å². The van der Waals surface area contributed by atoms with Gasteiger partial charge in [0, 0.05) is 12.6 Å². The van der Waals surface area contributed by atoms with E-state index in [-0.39, 0.29) is 25.0 Å². The number of hydrogen-bond donors (Lipinski definition) is 2. The number of hydrogen-bond acceptors (Lipinski definition) is 6. The second-order valence-electron chi connectivity index (χ2n) is 8.62. The van der Waals surface area contributed by atoms with Gasteiger partial charge in [-0.1, -0.05) is 57.0 Å². The molecule has 0 atom stereocenters. The lowest BCUT2D eigenvalue weighted by atomic mass is 9.95. The first-order valence-electron chi connectivity index (χ1n) is 11.8. The van der Waals surface area contributed by atoms with E-state index in [9.17, 15) is 9.59 Å². The molecule has 0 spiro atoms. The molecule has 2 aromatic rings. The molecule has 3 rings (SSSR count). The molecule has 8 nitrogen and oxygen atoms in total. The summed E-state index contributed by atoms with van der Waals surface area (Å²) in [5, 5.41) is 15.0. The lowest BCUT2D eigenvalue weighted by molar-refractivity contribution is -0.123. The van der Waals surface area contributed by atoms with Crippen LogP contribution in [0.15, 0.2) is 29.4 Å². The van der Waals surface area contributed by atoms with Crippen molar-refractivity contribution in [3.63, 3.8) is 0 Å². The number of benzene rings is 1. The number of rotatable bonds is 11. The van der Waals surface area contributed by atoms with Gasteiger partial charge in [-0.2, -0.15) is 0 Å². The molecule has 9 heteroatoms. The summed E-state index contributed by atoms with van der Waals surface area (Å²) in [5.74, 6) is 1.89. The molecule has 0 saturated heterocycles. The maximum absolute atomic E-state index is 12.3. The van der Waals surface area contributed by atoms with Gasteiger partial charge in [-0.3, -0.25) is 9.59 Å². The zero-order valence-electron chi connectivity index (χ0n) is 19.8. The third kappa shape index (κ3) is 7.77. The van der Waals surface area contributed by atoms with Crippen LogP contribution in [0.1, 0.15) is 70.2 Å². The molecule has 2 N–H and O–H groups in total. The lowest BCUT2D eigenvalue weighted by Crippen LogP contribution is -2.37. The maximum Gasteiger partial charge on any atom is 0.258 e. The van der Waals surface area contributed by atoms with Gasteiger partial charge in [-0.15, -0.1) is 10.2 Å². The van der Waals surface area contributed by atoms with Gasteiger partial charge in [0.15, 0.2) is 17.6 Å². The van der Waals surface area contributed by atoms with Crippen molar-refractivity contribution in [2.75, 3.05) is 12.4 Å². The Morgan fingerprint density at radius 1 is 1.12 bits per heavy atom. The van der Waals surface area contributed by atoms with Crippen LogP contribution in [-0.4, -0.2) is 45.0 Å². The molecule has 1 fully saturated rings. The number of nitrogens with zero attached hydrogens (tertiary/aromatic N) is 3. The number of amides is 2. The van der Waals surface area contributed by atoms with E-state index in [1.54, 1.807) is 0 Å². The number of ether oxygens (including phenoxy) is 1. The van der Waals surface area contributed by atoms with Crippen molar-refractivity contribution in [3.8, 4) is 5.75 Å². The summed E-state index contributed by atoms with van der Waals surface area (Å²) in [6.07, 6.45) is 5.77. The first-order chi connectivity index (χ1) is 16.0. The molecule has 1 aliphatic carbocycles. The Labute approximate surface area is 200 Å². The summed E-state index contributed by atoms with van der Waals surface area (Å²) in [4.78, 5) is 24.5. The van der Waals surface area contributed by atoms with Crippen LogP contribution in [0.5, 0.6) is 5.75 Å². The first kappa shape index (κ1) is 25.1. The van der Waals surface area contributed by atoms with E-state index in [0.29, 0.717) is 41.0 Å². The molecule has 0 aliphatic heterocycles. The van der Waals surface area contributed by atoms with Crippen molar-refractivity contribution in [1.82, 2.24) is 25.4 Å². The summed E-state index contributed by atoms with van der Waals surface area (Å²) in [7, 11) is 0. The molecule has 2 amide bonds. The van der Waals surface area contributed by atoms with Gasteiger partial charge < -0.3 is 19.9 Å². The highest BCUT2D eigenvalue weighted by molar-refractivity contribution is 7.99. The Hall–Kier alpha value is -2.55. The van der Waals surface area contributed by atoms with Gasteiger partial charge in [0.05, 0.1) is 12.3 Å². The van der Waals surface area contributed by atoms with Crippen molar-refractivity contribution >= 4 is 23.6 Å². The fraction of sp³-hybridized carbons (Fsp3) is 0.583. The van der Waals surface area contributed by atoms with Gasteiger partial charge in [0.25, 0.3) is 5.91 Å². The molecule has 1 saturated carbocycles. The summed E-state index contributed by atoms with van der Waals surface area (Å²) in [6.45, 7) is 7.10. The molecule has 1 aromatic carbocycles. The average Bonchev–Trinajstić information content (AvgIpc) is 3.22. The number of aromatic nitrogens is 3. The molecule has 0 unspecified atom stereocenters. The molecule has 1 aromatic heterocycles. The normalized spacial score (nSPS) is 14.3. The minimum atomic E-state index is -0.227. The van der Waals surface area contributed by atoms with Crippen LogP contribution in [0.3, 0.4) is 0 Å². The summed E-state index contributed by atoms with van der Waals surface area (Å²) in [5.41, 5.74) is 1.23. The Morgan fingerprint density at radius 2 is 1.85 bits per heavy atom. The first-order valence-corrected chi connectivity index (χ1v) is 12.8. The predicted molar refractivity (Wildman–Crippen MR) is 129 cm³/mol. The van der Waals surface area contributed by atoms with E-state index in [2.05, 4.69) is 34.7 Å². The van der Waals surface area contributed by atoms with Crippen LogP contribution in [0.25, 0.3) is 0 Å². The van der Waals surface area contributed by atoms with E-state index >= 15 is 0 Å². The van der Waals surface area contributed by atoms with E-state index in [1.807, 2.05) is 35.8 Å². The monoisotopic (exact) mass is 473 g/mol. The smallest absolute Gasteiger partial charge is 0.258 e. The minimum Gasteiger partial charge on any atom is -0.484 e. The Kier molecular flexibility index (Phi) is 9.60. The highest BCUT2D eigenvalue weighted by Crippen LogP contribution is 2.20. The highest BCUT2D eigenvalue weighted by Gasteiger charge is 2.18. The van der Waals surface area contributed by atoms with Gasteiger partial charge in [-0.05, 0) is 43.4 Å². The van der Waals surface area contributed by atoms with Crippen LogP contribution in [0, 0.1) is 0 Å². The second kappa shape index (κ2) is 12.6. The van der Waals surface area contributed by atoms with E-state index in [4.69, 9.17) is 4.74 Å². The zero-order valence-corrected chi connectivity index (χ0v) is 20.6. The Balaban J connectivity index is 1.43. The van der Waals surface area contributed by atoms with E-state index in [1.165, 1.54) is 36.6 Å². The molecule has 1 heterocycles. The largest absolute Gasteiger partial charge is 0.484 e. The molecule has 1 aliphatic rings. The molecule has 0 bridgehead atoms. The topological polar surface area (TPSA) is 98.1 Å². The molecule has 33 heavy (non-hydrogen) atoms. The van der Waals surface area contributed by atoms with E-state index < -0.39 is 0 Å². The SMILES string of the molecule is CCn1c(CNC(=O)COc2ccc(C(C)C)cc2)nnc1SCC(=O)NC1CCCCC1. The predicted octanol–water partition coefficient (Wildman–Crippen LogP) is 3.66. The summed E-state index contributed by atoms with van der Waals surface area (Å²) >= 11 is 1.37. The summed E-state index contributed by atoms with van der Waals surface area (Å²) < 4.78 is 7.50. The van der Waals surface area contributed by atoms with Crippen LogP contribution in [0.4, 0.5) is 0 Å². The third-order valence-electron chi connectivity index (χ3n) is 5.77. The highest BCUT2D eigenvalue weighted by atomic mass is 32.2. The minimum absolute atomic E-state index is 0.0333. The van der Waals surface area contributed by atoms with Gasteiger partial charge in [-0.25, -0.2) is 0 Å².